The van der Waals surface area contributed by atoms with E-state index in [0.29, 0.717) is 11.3 Å². The number of aromatic hydroxyl groups is 1. The van der Waals surface area contributed by atoms with Gasteiger partial charge in [0.05, 0.1) is 24.4 Å². The maximum atomic E-state index is 11.2. The van der Waals surface area contributed by atoms with Gasteiger partial charge in [0, 0.05) is 35.9 Å². The number of methoxy groups -OCH3 is 2. The fraction of sp³-hybridized carbons (Fsp3) is 0.500. The predicted octanol–water partition coefficient (Wildman–Crippen LogP) is 6.11. The second-order valence-electron chi connectivity index (χ2n) is 11.8. The maximum absolute atomic E-state index is 11.2. The van der Waals surface area contributed by atoms with Crippen molar-refractivity contribution in [3.63, 3.8) is 0 Å². The zero-order chi connectivity index (χ0) is 25.9. The molecule has 0 radical (unpaired) electrons. The van der Waals surface area contributed by atoms with Crippen molar-refractivity contribution in [1.29, 1.82) is 5.26 Å². The third-order valence-corrected chi connectivity index (χ3v) is 7.46. The van der Waals surface area contributed by atoms with Crippen molar-refractivity contribution < 1.29 is 14.6 Å². The Kier molecular flexibility index (Phi) is 6.18. The summed E-state index contributed by atoms with van der Waals surface area (Å²) >= 11 is 0. The van der Waals surface area contributed by atoms with Gasteiger partial charge in [-0.25, -0.2) is 0 Å². The molecular weight excluding hydrogens is 436 g/mol. The Morgan fingerprint density at radius 1 is 1.06 bits per heavy atom. The number of nitrogens with zero attached hydrogens (tertiary/aromatic N) is 2. The number of allylic oxidation sites excluding steroid dienone is 3. The SMILES string of the molecule is COC1=CC2=C3C(C#N)=C(c4cc(C(C)(C)C)c(O)c(C(C)(C)C)c4)C(C)N3CCC2=CC1OC. The van der Waals surface area contributed by atoms with Gasteiger partial charge < -0.3 is 19.5 Å². The average molecular weight is 475 g/mol. The van der Waals surface area contributed by atoms with Gasteiger partial charge in [-0.3, -0.25) is 0 Å². The molecule has 5 nitrogen and oxygen atoms in total. The van der Waals surface area contributed by atoms with Crippen LogP contribution < -0.4 is 0 Å². The van der Waals surface area contributed by atoms with Crippen LogP contribution in [-0.4, -0.2) is 42.9 Å². The van der Waals surface area contributed by atoms with E-state index in [0.717, 1.165) is 52.3 Å². The molecule has 0 saturated heterocycles. The third kappa shape index (κ3) is 4.08. The van der Waals surface area contributed by atoms with Crippen LogP contribution in [0.3, 0.4) is 0 Å². The van der Waals surface area contributed by atoms with Crippen molar-refractivity contribution in [1.82, 2.24) is 4.90 Å². The molecule has 0 spiro atoms. The van der Waals surface area contributed by atoms with Gasteiger partial charge in [0.1, 0.15) is 23.7 Å². The van der Waals surface area contributed by atoms with Crippen LogP contribution in [0.25, 0.3) is 5.57 Å². The average Bonchev–Trinajstić information content (AvgIpc) is 3.08. The standard InChI is InChI=1S/C30H38N2O3/c1-17-26(19-12-22(29(2,3)4)28(33)23(13-19)30(5,6)7)21(16-31)27-20-15-25(35-9)24(34-8)14-18(20)10-11-32(17)27/h12-15,17,24,33H,10-11H2,1-9H3. The predicted molar refractivity (Wildman–Crippen MR) is 140 cm³/mol. The van der Waals surface area contributed by atoms with Gasteiger partial charge >= 0.3 is 0 Å². The molecule has 0 bridgehead atoms. The summed E-state index contributed by atoms with van der Waals surface area (Å²) in [7, 11) is 3.34. The van der Waals surface area contributed by atoms with E-state index in [1.165, 1.54) is 5.57 Å². The molecule has 35 heavy (non-hydrogen) atoms. The molecule has 1 aliphatic carbocycles. The minimum atomic E-state index is -0.241. The van der Waals surface area contributed by atoms with Crippen LogP contribution in [0.2, 0.25) is 0 Å². The van der Waals surface area contributed by atoms with Crippen LogP contribution in [-0.2, 0) is 20.3 Å². The number of hydrogen-bond donors (Lipinski definition) is 1. The number of ether oxygens (including phenoxy) is 2. The number of fused-ring (bicyclic) bond motifs is 2. The molecule has 2 heterocycles. The number of hydrogen-bond acceptors (Lipinski definition) is 5. The zero-order valence-electron chi connectivity index (χ0n) is 22.5. The first-order valence-corrected chi connectivity index (χ1v) is 12.4. The van der Waals surface area contributed by atoms with E-state index in [9.17, 15) is 10.4 Å². The van der Waals surface area contributed by atoms with Gasteiger partial charge in [-0.05, 0) is 59.6 Å². The van der Waals surface area contributed by atoms with E-state index in [2.05, 4.69) is 77.6 Å². The Hall–Kier alpha value is -2.97. The molecule has 1 aromatic rings. The molecule has 186 valence electrons. The van der Waals surface area contributed by atoms with E-state index in [1.807, 2.05) is 6.08 Å². The summed E-state index contributed by atoms with van der Waals surface area (Å²) in [5.74, 6) is 1.10. The molecule has 2 unspecified atom stereocenters. The molecule has 0 aromatic heterocycles. The zero-order valence-corrected chi connectivity index (χ0v) is 22.5. The topological polar surface area (TPSA) is 65.7 Å². The fourth-order valence-electron chi connectivity index (χ4n) is 5.57. The Morgan fingerprint density at radius 3 is 2.14 bits per heavy atom. The highest BCUT2D eigenvalue weighted by atomic mass is 16.5. The second-order valence-corrected chi connectivity index (χ2v) is 11.8. The summed E-state index contributed by atoms with van der Waals surface area (Å²) in [5.41, 5.74) is 7.27. The van der Waals surface area contributed by atoms with Crippen molar-refractivity contribution in [3.8, 4) is 11.8 Å². The molecule has 1 N–H and O–H groups in total. The molecule has 0 amide bonds. The van der Waals surface area contributed by atoms with Crippen molar-refractivity contribution in [2.75, 3.05) is 20.8 Å². The minimum Gasteiger partial charge on any atom is -0.507 e. The van der Waals surface area contributed by atoms with E-state index in [-0.39, 0.29) is 23.0 Å². The highest BCUT2D eigenvalue weighted by Crippen LogP contribution is 2.49. The first-order valence-electron chi connectivity index (χ1n) is 12.4. The summed E-state index contributed by atoms with van der Waals surface area (Å²) in [5, 5.41) is 21.7. The van der Waals surface area contributed by atoms with Gasteiger partial charge in [0.25, 0.3) is 0 Å². The first kappa shape index (κ1) is 25.1. The number of phenolic OH excluding ortho intramolecular Hbond substituents is 1. The van der Waals surface area contributed by atoms with Crippen LogP contribution in [0.4, 0.5) is 0 Å². The maximum Gasteiger partial charge on any atom is 0.133 e. The normalized spacial score (nSPS) is 22.5. The summed E-state index contributed by atoms with van der Waals surface area (Å²) in [4.78, 5) is 2.35. The molecule has 3 aliphatic rings. The van der Waals surface area contributed by atoms with Crippen LogP contribution in [0.1, 0.15) is 71.6 Å². The van der Waals surface area contributed by atoms with E-state index >= 15 is 0 Å². The van der Waals surface area contributed by atoms with Crippen LogP contribution in [0.5, 0.6) is 5.75 Å². The molecule has 5 heteroatoms. The lowest BCUT2D eigenvalue weighted by atomic mass is 9.77. The van der Waals surface area contributed by atoms with E-state index < -0.39 is 0 Å². The smallest absolute Gasteiger partial charge is 0.133 e. The minimum absolute atomic E-state index is 0.0402. The molecular formula is C30H38N2O3. The first-order chi connectivity index (χ1) is 16.3. The third-order valence-electron chi connectivity index (χ3n) is 7.46. The van der Waals surface area contributed by atoms with Gasteiger partial charge in [-0.2, -0.15) is 5.26 Å². The Labute approximate surface area is 210 Å². The quantitative estimate of drug-likeness (QED) is 0.572. The van der Waals surface area contributed by atoms with Gasteiger partial charge in [0.15, 0.2) is 0 Å². The van der Waals surface area contributed by atoms with Crippen LogP contribution >= 0.6 is 0 Å². The summed E-state index contributed by atoms with van der Waals surface area (Å²) in [6.07, 6.45) is 4.83. The van der Waals surface area contributed by atoms with Crippen molar-refractivity contribution in [2.45, 2.75) is 77.9 Å². The lowest BCUT2D eigenvalue weighted by Gasteiger charge is -2.36. The molecule has 1 aromatic carbocycles. The molecule has 2 aliphatic heterocycles. The van der Waals surface area contributed by atoms with Gasteiger partial charge in [-0.1, -0.05) is 41.5 Å². The van der Waals surface area contributed by atoms with Gasteiger partial charge in [0.2, 0.25) is 0 Å². The highest BCUT2D eigenvalue weighted by molar-refractivity contribution is 5.85. The largest absolute Gasteiger partial charge is 0.507 e. The molecule has 4 rings (SSSR count). The van der Waals surface area contributed by atoms with Crippen molar-refractivity contribution in [2.24, 2.45) is 0 Å². The Balaban J connectivity index is 2.01. The van der Waals surface area contributed by atoms with Crippen LogP contribution in [0.15, 0.2) is 52.5 Å². The monoisotopic (exact) mass is 474 g/mol. The summed E-state index contributed by atoms with van der Waals surface area (Å²) in [6, 6.07) is 6.77. The Morgan fingerprint density at radius 2 is 1.66 bits per heavy atom. The number of rotatable bonds is 3. The number of benzene rings is 1. The van der Waals surface area contributed by atoms with Crippen LogP contribution in [0, 0.1) is 11.3 Å². The molecule has 2 atom stereocenters. The van der Waals surface area contributed by atoms with E-state index in [4.69, 9.17) is 9.47 Å². The van der Waals surface area contributed by atoms with Crippen molar-refractivity contribution >= 4 is 5.57 Å². The second kappa shape index (κ2) is 8.60. The van der Waals surface area contributed by atoms with Crippen molar-refractivity contribution in [3.05, 3.63) is 69.2 Å². The molecule has 0 fully saturated rings. The van der Waals surface area contributed by atoms with Gasteiger partial charge in [-0.15, -0.1) is 0 Å². The Bertz CT molecular complexity index is 1190. The fourth-order valence-corrected chi connectivity index (χ4v) is 5.57. The highest BCUT2D eigenvalue weighted by Gasteiger charge is 2.41. The molecule has 0 saturated carbocycles. The number of phenols is 1. The summed E-state index contributed by atoms with van der Waals surface area (Å²) in [6.45, 7) is 15.7. The lowest BCUT2D eigenvalue weighted by Crippen LogP contribution is -2.34. The number of nitriles is 1. The lowest BCUT2D eigenvalue weighted by molar-refractivity contribution is 0.108. The summed E-state index contributed by atoms with van der Waals surface area (Å²) < 4.78 is 11.2. The van der Waals surface area contributed by atoms with E-state index in [1.54, 1.807) is 14.2 Å².